The van der Waals surface area contributed by atoms with E-state index in [1.54, 1.807) is 7.11 Å². The van der Waals surface area contributed by atoms with Crippen molar-refractivity contribution in [2.45, 2.75) is 65.8 Å². The maximum absolute atomic E-state index is 6.89. The van der Waals surface area contributed by atoms with Crippen molar-refractivity contribution in [3.63, 3.8) is 0 Å². The molecule has 0 spiro atoms. The van der Waals surface area contributed by atoms with Crippen LogP contribution in [0.4, 0.5) is 0 Å². The largest absolute Gasteiger partial charge is 0.528 e. The van der Waals surface area contributed by atoms with Crippen LogP contribution in [0.2, 0.25) is 58.9 Å². The van der Waals surface area contributed by atoms with Crippen LogP contribution in [0.25, 0.3) is 0 Å². The van der Waals surface area contributed by atoms with Gasteiger partial charge in [0.1, 0.15) is 0 Å². The molecule has 6 heteroatoms. The van der Waals surface area contributed by atoms with Gasteiger partial charge in [-0.1, -0.05) is 71.1 Å². The molecular weight excluding hydrogens is 325 g/mol. The summed E-state index contributed by atoms with van der Waals surface area (Å²) in [5.74, 6) is 0.729. The molecule has 0 aliphatic rings. The summed E-state index contributed by atoms with van der Waals surface area (Å²) in [6, 6.07) is 0. The SMILES string of the molecule is C/C=C/C=C(/OC)O[Si]([Si](C)(C)C)([Si](C)(C)C)[Si](C)(C)C. The molecule has 0 N–H and O–H groups in total. The summed E-state index contributed by atoms with van der Waals surface area (Å²) in [7, 11) is -2.56. The molecular formula is C15H36O2Si4. The minimum absolute atomic E-state index is 0.729. The summed E-state index contributed by atoms with van der Waals surface area (Å²) in [5.41, 5.74) is 0. The van der Waals surface area contributed by atoms with Gasteiger partial charge in [0, 0.05) is 6.08 Å². The van der Waals surface area contributed by atoms with Gasteiger partial charge in [0.2, 0.25) is 6.87 Å². The third-order valence-corrected chi connectivity index (χ3v) is 71.3. The molecule has 2 nitrogen and oxygen atoms in total. The maximum Gasteiger partial charge on any atom is 0.264 e. The highest BCUT2D eigenvalue weighted by atomic mass is 29.9. The van der Waals surface area contributed by atoms with Crippen molar-refractivity contribution in [3.05, 3.63) is 24.2 Å². The summed E-state index contributed by atoms with van der Waals surface area (Å²) < 4.78 is 12.5. The van der Waals surface area contributed by atoms with Crippen LogP contribution in [-0.2, 0) is 9.16 Å². The Morgan fingerprint density at radius 3 is 1.38 bits per heavy atom. The quantitative estimate of drug-likeness (QED) is 0.350. The Balaban J connectivity index is 6.18. The molecule has 0 saturated carbocycles. The molecule has 0 radical (unpaired) electrons. The van der Waals surface area contributed by atoms with Gasteiger partial charge < -0.3 is 9.16 Å². The molecule has 21 heavy (non-hydrogen) atoms. The van der Waals surface area contributed by atoms with Gasteiger partial charge in [0.05, 0.1) is 29.9 Å². The van der Waals surface area contributed by atoms with Crippen molar-refractivity contribution in [1.29, 1.82) is 0 Å². The summed E-state index contributed by atoms with van der Waals surface area (Å²) in [6.07, 6.45) is 6.02. The van der Waals surface area contributed by atoms with Gasteiger partial charge in [-0.3, -0.25) is 0 Å². The van der Waals surface area contributed by atoms with Crippen molar-refractivity contribution in [2.24, 2.45) is 0 Å². The number of hydrogen-bond acceptors (Lipinski definition) is 2. The first kappa shape index (κ1) is 20.9. The Morgan fingerprint density at radius 2 is 1.14 bits per heavy atom. The second-order valence-corrected chi connectivity index (χ2v) is 48.2. The Kier molecular flexibility index (Phi) is 7.00. The summed E-state index contributed by atoms with van der Waals surface area (Å²) in [4.78, 5) is 0. The lowest BCUT2D eigenvalue weighted by atomic mass is 10.5. The second-order valence-electron chi connectivity index (χ2n) is 8.75. The van der Waals surface area contributed by atoms with E-state index in [0.717, 1.165) is 5.95 Å². The van der Waals surface area contributed by atoms with Gasteiger partial charge in [-0.2, -0.15) is 0 Å². The van der Waals surface area contributed by atoms with Crippen LogP contribution in [0.1, 0.15) is 6.92 Å². The Hall–Kier alpha value is -0.0525. The normalized spacial score (nSPS) is 15.5. The second kappa shape index (κ2) is 7.02. The fourth-order valence-electron chi connectivity index (χ4n) is 4.30. The maximum atomic E-state index is 6.89. The van der Waals surface area contributed by atoms with Gasteiger partial charge >= 0.3 is 0 Å². The zero-order chi connectivity index (χ0) is 17.1. The predicted molar refractivity (Wildman–Crippen MR) is 107 cm³/mol. The van der Waals surface area contributed by atoms with Gasteiger partial charge in [-0.15, -0.1) is 0 Å². The fraction of sp³-hybridized carbons (Fsp3) is 0.733. The summed E-state index contributed by atoms with van der Waals surface area (Å²) in [6.45, 7) is 22.8. The molecule has 0 aromatic rings. The van der Waals surface area contributed by atoms with E-state index >= 15 is 0 Å². The summed E-state index contributed by atoms with van der Waals surface area (Å²) in [5, 5.41) is 0. The fourth-order valence-corrected chi connectivity index (χ4v) is 97.1. The number of rotatable bonds is 7. The topological polar surface area (TPSA) is 18.5 Å². The van der Waals surface area contributed by atoms with E-state index in [4.69, 9.17) is 9.16 Å². The molecule has 0 aliphatic carbocycles. The average Bonchev–Trinajstić information content (AvgIpc) is 2.24. The van der Waals surface area contributed by atoms with Crippen LogP contribution in [0.15, 0.2) is 24.2 Å². The minimum Gasteiger partial charge on any atom is -0.528 e. The molecule has 0 aromatic heterocycles. The predicted octanol–water partition coefficient (Wildman–Crippen LogP) is 5.26. The molecule has 0 aliphatic heterocycles. The molecule has 0 heterocycles. The minimum atomic E-state index is -1.84. The van der Waals surface area contributed by atoms with E-state index in [9.17, 15) is 0 Å². The van der Waals surface area contributed by atoms with Crippen molar-refractivity contribution in [2.75, 3.05) is 7.11 Å². The lowest BCUT2D eigenvalue weighted by Crippen LogP contribution is -2.84. The number of ether oxygens (including phenoxy) is 1. The van der Waals surface area contributed by atoms with E-state index in [-0.39, 0.29) is 0 Å². The third kappa shape index (κ3) is 4.46. The zero-order valence-corrected chi connectivity index (χ0v) is 20.0. The number of hydrogen-bond donors (Lipinski definition) is 0. The van der Waals surface area contributed by atoms with E-state index in [1.165, 1.54) is 0 Å². The molecule has 0 saturated heterocycles. The van der Waals surface area contributed by atoms with Crippen LogP contribution >= 0.6 is 0 Å². The third-order valence-electron chi connectivity index (χ3n) is 4.05. The van der Waals surface area contributed by atoms with Gasteiger partial charge in [0.15, 0.2) is 0 Å². The first-order valence-corrected chi connectivity index (χ1v) is 23.2. The molecule has 124 valence electrons. The van der Waals surface area contributed by atoms with Gasteiger partial charge in [-0.25, -0.2) is 0 Å². The highest BCUT2D eigenvalue weighted by Gasteiger charge is 2.65. The highest BCUT2D eigenvalue weighted by Crippen LogP contribution is 2.39. The van der Waals surface area contributed by atoms with Crippen LogP contribution < -0.4 is 0 Å². The van der Waals surface area contributed by atoms with Crippen LogP contribution in [0.3, 0.4) is 0 Å². The smallest absolute Gasteiger partial charge is 0.264 e. The number of methoxy groups -OCH3 is 1. The van der Waals surface area contributed by atoms with Crippen molar-refractivity contribution in [1.82, 2.24) is 0 Å². The Labute approximate surface area is 136 Å². The summed E-state index contributed by atoms with van der Waals surface area (Å²) >= 11 is 0. The van der Waals surface area contributed by atoms with Crippen molar-refractivity contribution in [3.8, 4) is 0 Å². The molecule has 0 rings (SSSR count). The van der Waals surface area contributed by atoms with E-state index in [2.05, 4.69) is 58.9 Å². The van der Waals surface area contributed by atoms with E-state index < -0.39 is 29.6 Å². The molecule has 0 atom stereocenters. The van der Waals surface area contributed by atoms with Crippen LogP contribution in [0, 0.1) is 0 Å². The van der Waals surface area contributed by atoms with Crippen molar-refractivity contribution >= 4 is 29.6 Å². The monoisotopic (exact) mass is 360 g/mol. The Morgan fingerprint density at radius 1 is 0.762 bits per heavy atom. The number of allylic oxidation sites excluding steroid dienone is 3. The molecule has 0 unspecified atom stereocenters. The van der Waals surface area contributed by atoms with Gasteiger partial charge in [-0.05, 0) is 6.92 Å². The standard InChI is InChI=1S/C15H36O2Si4/c1-12-13-14-15(16-2)17-21(18(3,4)5,19(6,7)8)20(9,10)11/h12-14H,1-11H3/b13-12+,15-14-. The van der Waals surface area contributed by atoms with E-state index in [0.29, 0.717) is 0 Å². The van der Waals surface area contributed by atoms with Gasteiger partial charge in [0.25, 0.3) is 5.95 Å². The molecule has 0 bridgehead atoms. The highest BCUT2D eigenvalue weighted by molar-refractivity contribution is 7.87. The lowest BCUT2D eigenvalue weighted by Gasteiger charge is -2.55. The van der Waals surface area contributed by atoms with E-state index in [1.807, 2.05) is 25.2 Å². The zero-order valence-electron chi connectivity index (χ0n) is 16.0. The molecule has 0 amide bonds. The average molecular weight is 361 g/mol. The Bertz CT molecular complexity index is 359. The van der Waals surface area contributed by atoms with Crippen LogP contribution in [-0.4, -0.2) is 36.8 Å². The van der Waals surface area contributed by atoms with Crippen LogP contribution in [0.5, 0.6) is 0 Å². The first-order chi connectivity index (χ1) is 9.24. The lowest BCUT2D eigenvalue weighted by molar-refractivity contribution is 0.153. The molecule has 0 fully saturated rings. The molecule has 0 aromatic carbocycles. The van der Waals surface area contributed by atoms with Crippen molar-refractivity contribution < 1.29 is 9.16 Å². The first-order valence-electron chi connectivity index (χ1n) is 7.80.